The largest absolute Gasteiger partial charge is 0.467 e. The van der Waals surface area contributed by atoms with E-state index in [9.17, 15) is 5.11 Å². The van der Waals surface area contributed by atoms with Gasteiger partial charge in [-0.1, -0.05) is 0 Å². The second kappa shape index (κ2) is 6.22. The Kier molecular flexibility index (Phi) is 4.63. The van der Waals surface area contributed by atoms with Crippen molar-refractivity contribution in [2.24, 2.45) is 0 Å². The van der Waals surface area contributed by atoms with E-state index < -0.39 is 6.10 Å². The first kappa shape index (κ1) is 13.4. The summed E-state index contributed by atoms with van der Waals surface area (Å²) in [6.07, 6.45) is 1.58. The third-order valence-corrected chi connectivity index (χ3v) is 3.13. The number of hydrogen-bond donors (Lipinski definition) is 2. The molecule has 0 saturated carbocycles. The molecule has 0 bridgehead atoms. The smallest absolute Gasteiger partial charge is 0.169 e. The Hall–Kier alpha value is -1.04. The summed E-state index contributed by atoms with van der Waals surface area (Å²) >= 11 is 3.26. The Morgan fingerprint density at radius 1 is 1.39 bits per heavy atom. The van der Waals surface area contributed by atoms with Gasteiger partial charge in [0.05, 0.1) is 12.8 Å². The number of rotatable bonds is 6. The van der Waals surface area contributed by atoms with Crippen molar-refractivity contribution < 1.29 is 13.9 Å². The molecule has 0 amide bonds. The van der Waals surface area contributed by atoms with Crippen molar-refractivity contribution in [3.63, 3.8) is 0 Å². The Balaban J connectivity index is 1.76. The van der Waals surface area contributed by atoms with Crippen molar-refractivity contribution in [1.29, 1.82) is 0 Å². The van der Waals surface area contributed by atoms with Crippen LogP contribution in [0.15, 0.2) is 44.0 Å². The van der Waals surface area contributed by atoms with Gasteiger partial charge in [-0.05, 0) is 53.5 Å². The van der Waals surface area contributed by atoms with Crippen LogP contribution in [-0.2, 0) is 6.54 Å². The number of furan rings is 2. The van der Waals surface area contributed by atoms with Crippen molar-refractivity contribution in [3.05, 3.63) is 46.7 Å². The van der Waals surface area contributed by atoms with E-state index in [1.54, 1.807) is 18.4 Å². The second-order valence-electron chi connectivity index (χ2n) is 4.25. The van der Waals surface area contributed by atoms with E-state index in [4.69, 9.17) is 8.83 Å². The van der Waals surface area contributed by atoms with Crippen molar-refractivity contribution in [2.45, 2.75) is 32.0 Å². The van der Waals surface area contributed by atoms with Crippen LogP contribution >= 0.6 is 15.9 Å². The van der Waals surface area contributed by atoms with Crippen molar-refractivity contribution in [1.82, 2.24) is 5.32 Å². The molecule has 0 fully saturated rings. The molecule has 5 heteroatoms. The average Bonchev–Trinajstić information content (AvgIpc) is 2.97. The zero-order valence-corrected chi connectivity index (χ0v) is 11.7. The van der Waals surface area contributed by atoms with E-state index in [1.807, 2.05) is 19.1 Å². The summed E-state index contributed by atoms with van der Waals surface area (Å²) in [7, 11) is 0. The van der Waals surface area contributed by atoms with Crippen LogP contribution in [0.2, 0.25) is 0 Å². The Bertz CT molecular complexity index is 466. The van der Waals surface area contributed by atoms with Crippen LogP contribution in [0.25, 0.3) is 0 Å². The fourth-order valence-corrected chi connectivity index (χ4v) is 2.08. The van der Waals surface area contributed by atoms with Gasteiger partial charge in [-0.15, -0.1) is 0 Å². The van der Waals surface area contributed by atoms with E-state index in [0.717, 1.165) is 10.4 Å². The molecular formula is C13H16BrNO3. The van der Waals surface area contributed by atoms with Crippen molar-refractivity contribution >= 4 is 15.9 Å². The molecule has 2 aromatic rings. The van der Waals surface area contributed by atoms with E-state index >= 15 is 0 Å². The Labute approximate surface area is 114 Å². The molecule has 0 spiro atoms. The van der Waals surface area contributed by atoms with E-state index in [-0.39, 0.29) is 6.04 Å². The minimum Gasteiger partial charge on any atom is -0.467 e. The minimum atomic E-state index is -0.578. The highest BCUT2D eigenvalue weighted by molar-refractivity contribution is 9.10. The molecule has 2 rings (SSSR count). The first-order chi connectivity index (χ1) is 8.65. The summed E-state index contributed by atoms with van der Waals surface area (Å²) in [6, 6.07) is 7.48. The number of aliphatic hydroxyl groups excluding tert-OH is 1. The van der Waals surface area contributed by atoms with Crippen LogP contribution in [-0.4, -0.2) is 11.1 Å². The molecule has 98 valence electrons. The summed E-state index contributed by atoms with van der Waals surface area (Å²) in [5.41, 5.74) is 0. The molecule has 0 aliphatic rings. The monoisotopic (exact) mass is 313 g/mol. The van der Waals surface area contributed by atoms with Gasteiger partial charge < -0.3 is 19.3 Å². The molecule has 0 radical (unpaired) electrons. The minimum absolute atomic E-state index is 0.161. The molecule has 2 aromatic heterocycles. The normalized spacial score (nSPS) is 14.6. The first-order valence-corrected chi connectivity index (χ1v) is 6.63. The molecule has 4 nitrogen and oxygen atoms in total. The summed E-state index contributed by atoms with van der Waals surface area (Å²) < 4.78 is 11.3. The lowest BCUT2D eigenvalue weighted by atomic mass is 10.1. The summed E-state index contributed by atoms with van der Waals surface area (Å²) in [6.45, 7) is 2.65. The maximum Gasteiger partial charge on any atom is 0.169 e. The fraction of sp³-hybridized carbons (Fsp3) is 0.385. The van der Waals surface area contributed by atoms with Gasteiger partial charge in [0, 0.05) is 6.04 Å². The van der Waals surface area contributed by atoms with Crippen LogP contribution < -0.4 is 5.32 Å². The SMILES string of the molecule is C[C@H](C[C@@H](O)c1ccco1)NCc1ccc(Br)o1. The number of aliphatic hydroxyl groups is 1. The highest BCUT2D eigenvalue weighted by atomic mass is 79.9. The Morgan fingerprint density at radius 3 is 2.83 bits per heavy atom. The van der Waals surface area contributed by atoms with Crippen LogP contribution in [0.4, 0.5) is 0 Å². The maximum absolute atomic E-state index is 9.92. The molecule has 0 saturated heterocycles. The van der Waals surface area contributed by atoms with Crippen LogP contribution in [0.3, 0.4) is 0 Å². The van der Waals surface area contributed by atoms with Gasteiger partial charge >= 0.3 is 0 Å². The molecule has 2 heterocycles. The standard InChI is InChI=1S/C13H16BrNO3/c1-9(7-11(16)12-3-2-6-17-12)15-8-10-4-5-13(14)18-10/h2-6,9,11,15-16H,7-8H2,1H3/t9-,11-/m1/s1. The van der Waals surface area contributed by atoms with Gasteiger partial charge in [-0.3, -0.25) is 0 Å². The summed E-state index contributed by atoms with van der Waals surface area (Å²) in [5.74, 6) is 1.46. The molecule has 0 aliphatic heterocycles. The van der Waals surface area contributed by atoms with Crippen molar-refractivity contribution in [3.8, 4) is 0 Å². The lowest BCUT2D eigenvalue weighted by Crippen LogP contribution is -2.27. The average molecular weight is 314 g/mol. The maximum atomic E-state index is 9.92. The molecule has 0 unspecified atom stereocenters. The van der Waals surface area contributed by atoms with Gasteiger partial charge in [-0.2, -0.15) is 0 Å². The van der Waals surface area contributed by atoms with Gasteiger partial charge in [0.2, 0.25) is 0 Å². The lowest BCUT2D eigenvalue weighted by molar-refractivity contribution is 0.128. The zero-order valence-electron chi connectivity index (χ0n) is 10.1. The fourth-order valence-electron chi connectivity index (χ4n) is 1.74. The molecule has 0 aromatic carbocycles. The van der Waals surface area contributed by atoms with Gasteiger partial charge in [-0.25, -0.2) is 0 Å². The van der Waals surface area contributed by atoms with Gasteiger partial charge in [0.1, 0.15) is 17.6 Å². The van der Waals surface area contributed by atoms with Crippen LogP contribution in [0.5, 0.6) is 0 Å². The Morgan fingerprint density at radius 2 is 2.22 bits per heavy atom. The van der Waals surface area contributed by atoms with Crippen molar-refractivity contribution in [2.75, 3.05) is 0 Å². The highest BCUT2D eigenvalue weighted by Crippen LogP contribution is 2.19. The zero-order chi connectivity index (χ0) is 13.0. The number of hydrogen-bond acceptors (Lipinski definition) is 4. The molecule has 18 heavy (non-hydrogen) atoms. The van der Waals surface area contributed by atoms with Crippen LogP contribution in [0.1, 0.15) is 31.0 Å². The van der Waals surface area contributed by atoms with Gasteiger partial charge in [0.15, 0.2) is 4.67 Å². The topological polar surface area (TPSA) is 58.5 Å². The number of nitrogens with one attached hydrogen (secondary N) is 1. The molecule has 2 N–H and O–H groups in total. The third-order valence-electron chi connectivity index (χ3n) is 2.70. The number of halogens is 1. The van der Waals surface area contributed by atoms with E-state index in [0.29, 0.717) is 18.7 Å². The predicted octanol–water partition coefficient (Wildman–Crippen LogP) is 3.24. The van der Waals surface area contributed by atoms with E-state index in [1.165, 1.54) is 0 Å². The summed E-state index contributed by atoms with van der Waals surface area (Å²) in [5, 5.41) is 13.2. The second-order valence-corrected chi connectivity index (χ2v) is 5.04. The first-order valence-electron chi connectivity index (χ1n) is 5.84. The molecule has 2 atom stereocenters. The third kappa shape index (κ3) is 3.73. The highest BCUT2D eigenvalue weighted by Gasteiger charge is 2.14. The quantitative estimate of drug-likeness (QED) is 0.859. The molecular weight excluding hydrogens is 298 g/mol. The lowest BCUT2D eigenvalue weighted by Gasteiger charge is -2.15. The van der Waals surface area contributed by atoms with Crippen LogP contribution in [0, 0.1) is 0 Å². The van der Waals surface area contributed by atoms with Gasteiger partial charge in [0.25, 0.3) is 0 Å². The van der Waals surface area contributed by atoms with E-state index in [2.05, 4.69) is 21.2 Å². The predicted molar refractivity (Wildman–Crippen MR) is 71.0 cm³/mol. The summed E-state index contributed by atoms with van der Waals surface area (Å²) in [4.78, 5) is 0. The molecule has 0 aliphatic carbocycles.